The molecule has 1 aliphatic heterocycles. The van der Waals surface area contributed by atoms with Crippen molar-refractivity contribution in [3.05, 3.63) is 53.6 Å². The van der Waals surface area contributed by atoms with Crippen molar-refractivity contribution in [3.8, 4) is 0 Å². The van der Waals surface area contributed by atoms with Gasteiger partial charge in [0.2, 0.25) is 10.0 Å². The van der Waals surface area contributed by atoms with Gasteiger partial charge in [-0.25, -0.2) is 17.5 Å². The van der Waals surface area contributed by atoms with Crippen LogP contribution in [0.3, 0.4) is 0 Å². The number of aromatic nitrogens is 1. The van der Waals surface area contributed by atoms with Gasteiger partial charge >= 0.3 is 0 Å². The fourth-order valence-corrected chi connectivity index (χ4v) is 3.75. The Bertz CT molecular complexity index is 876. The number of nitrogens with zero attached hydrogens (tertiary/aromatic N) is 2. The highest BCUT2D eigenvalue weighted by molar-refractivity contribution is 7.89. The van der Waals surface area contributed by atoms with Gasteiger partial charge in [-0.2, -0.15) is 0 Å². The summed E-state index contributed by atoms with van der Waals surface area (Å²) in [5.41, 5.74) is 0.894. The van der Waals surface area contributed by atoms with Gasteiger partial charge in [0.25, 0.3) is 5.91 Å². The maximum Gasteiger partial charge on any atom is 0.270 e. The first-order valence-corrected chi connectivity index (χ1v) is 9.12. The van der Waals surface area contributed by atoms with Crippen LogP contribution in [0.25, 0.3) is 0 Å². The lowest BCUT2D eigenvalue weighted by molar-refractivity contribution is 0.0715. The zero-order valence-electron chi connectivity index (χ0n) is 13.2. The average molecular weight is 351 g/mol. The third-order valence-corrected chi connectivity index (χ3v) is 5.40. The molecule has 2 heterocycles. The maximum atomic E-state index is 13.2. The van der Waals surface area contributed by atoms with Crippen LogP contribution < -0.4 is 4.72 Å². The number of nitrogens with one attached hydrogen (secondary N) is 1. The van der Waals surface area contributed by atoms with Gasteiger partial charge in [0.15, 0.2) is 0 Å². The van der Waals surface area contributed by atoms with Crippen molar-refractivity contribution in [2.24, 2.45) is 0 Å². The summed E-state index contributed by atoms with van der Waals surface area (Å²) in [6.45, 7) is 3.58. The van der Waals surface area contributed by atoms with Crippen molar-refractivity contribution in [2.75, 3.05) is 13.1 Å². The smallest absolute Gasteiger partial charge is 0.270 e. The van der Waals surface area contributed by atoms with E-state index in [1.54, 1.807) is 15.5 Å². The highest BCUT2D eigenvalue weighted by Crippen LogP contribution is 2.20. The SMILES string of the molecule is CCN1CCn2cc(S(=O)(=O)NCc3cccc(F)c3)cc2C1=O. The highest BCUT2D eigenvalue weighted by atomic mass is 32.2. The van der Waals surface area contributed by atoms with E-state index in [0.29, 0.717) is 30.9 Å². The van der Waals surface area contributed by atoms with Gasteiger partial charge in [0, 0.05) is 32.4 Å². The molecular formula is C16H18FN3O3S. The molecule has 0 fully saturated rings. The molecule has 1 aromatic heterocycles. The van der Waals surface area contributed by atoms with Crippen molar-refractivity contribution >= 4 is 15.9 Å². The van der Waals surface area contributed by atoms with Crippen LogP contribution >= 0.6 is 0 Å². The van der Waals surface area contributed by atoms with E-state index in [9.17, 15) is 17.6 Å². The minimum atomic E-state index is -3.78. The van der Waals surface area contributed by atoms with Gasteiger partial charge in [-0.3, -0.25) is 4.79 Å². The fraction of sp³-hybridized carbons (Fsp3) is 0.312. The second-order valence-electron chi connectivity index (χ2n) is 5.59. The third-order valence-electron chi connectivity index (χ3n) is 4.04. The average Bonchev–Trinajstić information content (AvgIpc) is 3.00. The van der Waals surface area contributed by atoms with E-state index in [1.807, 2.05) is 6.92 Å². The Hall–Kier alpha value is -2.19. The van der Waals surface area contributed by atoms with E-state index in [-0.39, 0.29) is 17.3 Å². The number of halogens is 1. The number of amides is 1. The summed E-state index contributed by atoms with van der Waals surface area (Å²) in [4.78, 5) is 14.0. The molecule has 0 bridgehead atoms. The van der Waals surface area contributed by atoms with E-state index in [0.717, 1.165) is 0 Å². The molecule has 0 unspecified atom stereocenters. The standard InChI is InChI=1S/C16H18FN3O3S/c1-2-19-6-7-20-11-14(9-15(20)16(19)21)24(22,23)18-10-12-4-3-5-13(17)8-12/h3-5,8-9,11,18H,2,6-7,10H2,1H3. The van der Waals surface area contributed by atoms with Gasteiger partial charge in [0.1, 0.15) is 16.4 Å². The molecule has 6 nitrogen and oxygen atoms in total. The molecule has 0 atom stereocenters. The van der Waals surface area contributed by atoms with Crippen LogP contribution in [0.2, 0.25) is 0 Å². The minimum absolute atomic E-state index is 0.0182. The monoisotopic (exact) mass is 351 g/mol. The van der Waals surface area contributed by atoms with E-state index in [4.69, 9.17) is 0 Å². The first-order chi connectivity index (χ1) is 11.4. The van der Waals surface area contributed by atoms with Crippen LogP contribution in [0.1, 0.15) is 23.0 Å². The van der Waals surface area contributed by atoms with Crippen LogP contribution in [0.5, 0.6) is 0 Å². The second-order valence-corrected chi connectivity index (χ2v) is 7.36. The van der Waals surface area contributed by atoms with Gasteiger partial charge in [-0.15, -0.1) is 0 Å². The summed E-state index contributed by atoms with van der Waals surface area (Å²) in [5, 5.41) is 0. The number of rotatable bonds is 5. The third kappa shape index (κ3) is 3.20. The number of likely N-dealkylation sites (N-methyl/N-ethyl adjacent to an activating group) is 1. The Morgan fingerprint density at radius 1 is 1.25 bits per heavy atom. The van der Waals surface area contributed by atoms with Crippen LogP contribution in [0.15, 0.2) is 41.4 Å². The summed E-state index contributed by atoms with van der Waals surface area (Å²) >= 11 is 0. The molecule has 1 aliphatic rings. The summed E-state index contributed by atoms with van der Waals surface area (Å²) in [7, 11) is -3.78. The summed E-state index contributed by atoms with van der Waals surface area (Å²) < 4.78 is 42.1. The quantitative estimate of drug-likeness (QED) is 0.889. The molecule has 128 valence electrons. The van der Waals surface area contributed by atoms with Gasteiger partial charge in [-0.1, -0.05) is 12.1 Å². The molecule has 0 saturated heterocycles. The van der Waals surface area contributed by atoms with Crippen molar-refractivity contribution in [1.29, 1.82) is 0 Å². The summed E-state index contributed by atoms with van der Waals surface area (Å²) in [6.07, 6.45) is 1.47. The lowest BCUT2D eigenvalue weighted by Crippen LogP contribution is -2.39. The van der Waals surface area contributed by atoms with Crippen LogP contribution in [0.4, 0.5) is 4.39 Å². The molecular weight excluding hydrogens is 333 g/mol. The highest BCUT2D eigenvalue weighted by Gasteiger charge is 2.27. The molecule has 1 N–H and O–H groups in total. The number of hydrogen-bond acceptors (Lipinski definition) is 3. The second kappa shape index (κ2) is 6.37. The topological polar surface area (TPSA) is 71.4 Å². The predicted molar refractivity (Wildman–Crippen MR) is 86.4 cm³/mol. The van der Waals surface area contributed by atoms with Gasteiger partial charge in [0.05, 0.1) is 0 Å². The molecule has 8 heteroatoms. The molecule has 0 aliphatic carbocycles. The van der Waals surface area contributed by atoms with Gasteiger partial charge in [-0.05, 0) is 30.7 Å². The zero-order valence-corrected chi connectivity index (χ0v) is 14.0. The first-order valence-electron chi connectivity index (χ1n) is 7.64. The van der Waals surface area contributed by atoms with Gasteiger partial charge < -0.3 is 9.47 Å². The Balaban J connectivity index is 1.80. The largest absolute Gasteiger partial charge is 0.340 e. The van der Waals surface area contributed by atoms with Crippen LogP contribution in [0, 0.1) is 5.82 Å². The van der Waals surface area contributed by atoms with Crippen molar-refractivity contribution in [1.82, 2.24) is 14.2 Å². The van der Waals surface area contributed by atoms with E-state index in [2.05, 4.69) is 4.72 Å². The van der Waals surface area contributed by atoms with Crippen LogP contribution in [-0.4, -0.2) is 36.9 Å². The maximum absolute atomic E-state index is 13.2. The number of fused-ring (bicyclic) bond motifs is 1. The predicted octanol–water partition coefficient (Wildman–Crippen LogP) is 1.58. The Kier molecular flexibility index (Phi) is 4.42. The molecule has 1 amide bonds. The number of carbonyl (C=O) groups is 1. The molecule has 0 radical (unpaired) electrons. The van der Waals surface area contributed by atoms with E-state index in [1.165, 1.54) is 30.5 Å². The summed E-state index contributed by atoms with van der Waals surface area (Å²) in [6, 6.07) is 7.12. The molecule has 0 spiro atoms. The fourth-order valence-electron chi connectivity index (χ4n) is 2.70. The summed E-state index contributed by atoms with van der Waals surface area (Å²) in [5.74, 6) is -0.591. The number of benzene rings is 1. The molecule has 0 saturated carbocycles. The molecule has 3 rings (SSSR count). The zero-order chi connectivity index (χ0) is 17.3. The van der Waals surface area contributed by atoms with E-state index >= 15 is 0 Å². The van der Waals surface area contributed by atoms with Crippen molar-refractivity contribution in [3.63, 3.8) is 0 Å². The first kappa shape index (κ1) is 16.7. The minimum Gasteiger partial charge on any atom is -0.340 e. The number of sulfonamides is 1. The Morgan fingerprint density at radius 2 is 2.04 bits per heavy atom. The Morgan fingerprint density at radius 3 is 2.75 bits per heavy atom. The van der Waals surface area contributed by atoms with Crippen molar-refractivity contribution in [2.45, 2.75) is 24.9 Å². The number of carbonyl (C=O) groups excluding carboxylic acids is 1. The lowest BCUT2D eigenvalue weighted by atomic mass is 10.2. The molecule has 2 aromatic rings. The number of hydrogen-bond donors (Lipinski definition) is 1. The lowest BCUT2D eigenvalue weighted by Gasteiger charge is -2.26. The van der Waals surface area contributed by atoms with Crippen LogP contribution in [-0.2, 0) is 23.1 Å². The Labute approximate surface area is 139 Å². The molecule has 24 heavy (non-hydrogen) atoms. The molecule has 1 aromatic carbocycles. The van der Waals surface area contributed by atoms with Crippen molar-refractivity contribution < 1.29 is 17.6 Å². The normalized spacial score (nSPS) is 14.8. The van der Waals surface area contributed by atoms with E-state index < -0.39 is 15.8 Å².